The Hall–Kier alpha value is -2.43. The lowest BCUT2D eigenvalue weighted by molar-refractivity contribution is -0.148. The van der Waals surface area contributed by atoms with Gasteiger partial charge in [0.2, 0.25) is 5.91 Å². The lowest BCUT2D eigenvalue weighted by Gasteiger charge is -2.34. The van der Waals surface area contributed by atoms with Crippen LogP contribution in [0.2, 0.25) is 0 Å². The van der Waals surface area contributed by atoms with Crippen molar-refractivity contribution in [2.24, 2.45) is 11.8 Å². The molecular formula is C17H14N2O3. The first-order valence-corrected chi connectivity index (χ1v) is 7.58. The molecule has 1 amide bonds. The number of hydrogen-bond donors (Lipinski definition) is 0. The van der Waals surface area contributed by atoms with E-state index in [1.54, 1.807) is 0 Å². The Morgan fingerprint density at radius 3 is 2.95 bits per heavy atom. The molecule has 3 aliphatic heterocycles. The number of aromatic nitrogens is 1. The summed E-state index contributed by atoms with van der Waals surface area (Å²) in [5, 5.41) is 1.09. The van der Waals surface area contributed by atoms with Crippen molar-refractivity contribution in [2.75, 3.05) is 6.61 Å². The van der Waals surface area contributed by atoms with Crippen molar-refractivity contribution in [3.05, 3.63) is 41.6 Å². The number of carbonyl (C=O) groups excluding carboxylic acids is 2. The highest BCUT2D eigenvalue weighted by Gasteiger charge is 2.52. The number of piperidine rings is 1. The molecule has 3 unspecified atom stereocenters. The molecule has 1 aromatic carbocycles. The molecule has 22 heavy (non-hydrogen) atoms. The van der Waals surface area contributed by atoms with Crippen molar-refractivity contribution < 1.29 is 14.3 Å². The average Bonchev–Trinajstić information content (AvgIpc) is 3.07. The summed E-state index contributed by atoms with van der Waals surface area (Å²) in [7, 11) is 0. The molecular weight excluding hydrogens is 280 g/mol. The Bertz CT molecular complexity index is 832. The second-order valence-corrected chi connectivity index (χ2v) is 6.29. The molecule has 0 radical (unpaired) electrons. The first kappa shape index (κ1) is 12.1. The van der Waals surface area contributed by atoms with Gasteiger partial charge in [-0.25, -0.2) is 0 Å². The summed E-state index contributed by atoms with van der Waals surface area (Å²) < 4.78 is 5.09. The fourth-order valence-corrected chi connectivity index (χ4v) is 4.02. The second-order valence-electron chi connectivity index (χ2n) is 6.29. The molecule has 3 atom stereocenters. The standard InChI is InChI=1S/C17H14N2O3/c20-16-12-8-22-17(21)11(12)6-14-15-10(7-19(14)16)5-9-3-1-2-4-13(9)18-15/h1-5,11-12,14H,6-8H2. The molecule has 5 rings (SSSR count). The maximum atomic E-state index is 12.7. The normalized spacial score (nSPS) is 29.3. The lowest BCUT2D eigenvalue weighted by Crippen LogP contribution is -2.44. The quantitative estimate of drug-likeness (QED) is 0.695. The number of rotatable bonds is 0. The Morgan fingerprint density at radius 2 is 2.05 bits per heavy atom. The van der Waals surface area contributed by atoms with Crippen molar-refractivity contribution in [1.29, 1.82) is 0 Å². The second kappa shape index (κ2) is 4.06. The zero-order valence-corrected chi connectivity index (χ0v) is 11.9. The van der Waals surface area contributed by atoms with Crippen molar-refractivity contribution in [2.45, 2.75) is 19.0 Å². The van der Waals surface area contributed by atoms with Gasteiger partial charge in [0.25, 0.3) is 0 Å². The van der Waals surface area contributed by atoms with Gasteiger partial charge in [-0.05, 0) is 24.1 Å². The zero-order chi connectivity index (χ0) is 14.8. The number of nitrogens with zero attached hydrogens (tertiary/aromatic N) is 2. The van der Waals surface area contributed by atoms with Crippen LogP contribution in [0.4, 0.5) is 0 Å². The maximum absolute atomic E-state index is 12.7. The van der Waals surface area contributed by atoms with E-state index < -0.39 is 0 Å². The molecule has 3 aliphatic rings. The number of esters is 1. The first-order chi connectivity index (χ1) is 10.7. The van der Waals surface area contributed by atoms with E-state index in [1.807, 2.05) is 29.2 Å². The number of cyclic esters (lactones) is 1. The van der Waals surface area contributed by atoms with Gasteiger partial charge in [-0.1, -0.05) is 18.2 Å². The van der Waals surface area contributed by atoms with Crippen molar-refractivity contribution >= 4 is 22.8 Å². The fourth-order valence-electron chi connectivity index (χ4n) is 4.02. The number of carbonyl (C=O) groups is 2. The van der Waals surface area contributed by atoms with Gasteiger partial charge in [-0.2, -0.15) is 0 Å². The molecule has 0 saturated carbocycles. The maximum Gasteiger partial charge on any atom is 0.309 e. The van der Waals surface area contributed by atoms with Gasteiger partial charge < -0.3 is 9.64 Å². The number of amides is 1. The average molecular weight is 294 g/mol. The lowest BCUT2D eigenvalue weighted by atomic mass is 9.83. The molecule has 0 bridgehead atoms. The molecule has 5 nitrogen and oxygen atoms in total. The Morgan fingerprint density at radius 1 is 1.18 bits per heavy atom. The smallest absolute Gasteiger partial charge is 0.309 e. The van der Waals surface area contributed by atoms with E-state index in [-0.39, 0.29) is 36.4 Å². The van der Waals surface area contributed by atoms with Crippen LogP contribution in [0, 0.1) is 11.8 Å². The summed E-state index contributed by atoms with van der Waals surface area (Å²) in [6.45, 7) is 0.825. The van der Waals surface area contributed by atoms with Crippen LogP contribution in [-0.4, -0.2) is 28.4 Å². The van der Waals surface area contributed by atoms with E-state index in [1.165, 1.54) is 0 Å². The van der Waals surface area contributed by atoms with E-state index >= 15 is 0 Å². The van der Waals surface area contributed by atoms with Gasteiger partial charge in [-0.15, -0.1) is 0 Å². The molecule has 2 fully saturated rings. The van der Waals surface area contributed by atoms with Gasteiger partial charge >= 0.3 is 5.97 Å². The number of para-hydroxylation sites is 1. The van der Waals surface area contributed by atoms with Crippen LogP contribution in [0.3, 0.4) is 0 Å². The fraction of sp³-hybridized carbons (Fsp3) is 0.353. The summed E-state index contributed by atoms with van der Waals surface area (Å²) in [5.41, 5.74) is 2.99. The van der Waals surface area contributed by atoms with E-state index in [0.29, 0.717) is 13.0 Å². The Balaban J connectivity index is 1.63. The summed E-state index contributed by atoms with van der Waals surface area (Å²) in [6, 6.07) is 10.0. The molecule has 110 valence electrons. The van der Waals surface area contributed by atoms with E-state index in [4.69, 9.17) is 9.72 Å². The van der Waals surface area contributed by atoms with Crippen molar-refractivity contribution in [3.8, 4) is 0 Å². The monoisotopic (exact) mass is 294 g/mol. The Labute approximate surface area is 126 Å². The van der Waals surface area contributed by atoms with Crippen LogP contribution in [-0.2, 0) is 20.9 Å². The van der Waals surface area contributed by atoms with Crippen LogP contribution >= 0.6 is 0 Å². The number of hydrogen-bond acceptors (Lipinski definition) is 4. The largest absolute Gasteiger partial charge is 0.465 e. The zero-order valence-electron chi connectivity index (χ0n) is 11.9. The van der Waals surface area contributed by atoms with Crippen LogP contribution in [0.15, 0.2) is 30.3 Å². The minimum absolute atomic E-state index is 0.0363. The molecule has 5 heteroatoms. The molecule has 1 aromatic heterocycles. The predicted octanol–water partition coefficient (Wildman–Crippen LogP) is 1.81. The van der Waals surface area contributed by atoms with Crippen LogP contribution < -0.4 is 0 Å². The number of pyridine rings is 1. The van der Waals surface area contributed by atoms with Crippen molar-refractivity contribution in [1.82, 2.24) is 9.88 Å². The SMILES string of the molecule is O=C1OCC2C(=O)N3Cc4cc5ccccc5nc4C3CC12. The highest BCUT2D eigenvalue weighted by Crippen LogP contribution is 2.46. The Kier molecular flexibility index (Phi) is 2.24. The number of ether oxygens (including phenoxy) is 1. The van der Waals surface area contributed by atoms with E-state index in [0.717, 1.165) is 22.2 Å². The molecule has 4 heterocycles. The third-order valence-electron chi connectivity index (χ3n) is 5.14. The highest BCUT2D eigenvalue weighted by atomic mass is 16.5. The molecule has 2 aromatic rings. The predicted molar refractivity (Wildman–Crippen MR) is 77.6 cm³/mol. The van der Waals surface area contributed by atoms with Crippen LogP contribution in [0.1, 0.15) is 23.7 Å². The minimum atomic E-state index is -0.299. The third-order valence-corrected chi connectivity index (χ3v) is 5.14. The summed E-state index contributed by atoms with van der Waals surface area (Å²) in [4.78, 5) is 31.2. The first-order valence-electron chi connectivity index (χ1n) is 7.58. The summed E-state index contributed by atoms with van der Waals surface area (Å²) in [6.07, 6.45) is 0.633. The van der Waals surface area contributed by atoms with Gasteiger partial charge in [0.05, 0.1) is 29.1 Å². The minimum Gasteiger partial charge on any atom is -0.465 e. The molecule has 0 spiro atoms. The third kappa shape index (κ3) is 1.46. The van der Waals surface area contributed by atoms with Gasteiger partial charge in [0, 0.05) is 11.9 Å². The molecule has 2 saturated heterocycles. The molecule has 0 N–H and O–H groups in total. The summed E-state index contributed by atoms with van der Waals surface area (Å²) in [5.74, 6) is -0.790. The van der Waals surface area contributed by atoms with Crippen LogP contribution in [0.5, 0.6) is 0 Å². The van der Waals surface area contributed by atoms with E-state index in [9.17, 15) is 9.59 Å². The van der Waals surface area contributed by atoms with Crippen molar-refractivity contribution in [3.63, 3.8) is 0 Å². The summed E-state index contributed by atoms with van der Waals surface area (Å²) >= 11 is 0. The number of fused-ring (bicyclic) bond motifs is 5. The van der Waals surface area contributed by atoms with Crippen LogP contribution in [0.25, 0.3) is 10.9 Å². The molecule has 0 aliphatic carbocycles. The highest BCUT2D eigenvalue weighted by molar-refractivity contribution is 5.90. The van der Waals surface area contributed by atoms with Gasteiger partial charge in [0.1, 0.15) is 6.61 Å². The topological polar surface area (TPSA) is 59.5 Å². The van der Waals surface area contributed by atoms with E-state index in [2.05, 4.69) is 6.07 Å². The number of benzene rings is 1. The van der Waals surface area contributed by atoms with Gasteiger partial charge in [-0.3, -0.25) is 14.6 Å². The van der Waals surface area contributed by atoms with Gasteiger partial charge in [0.15, 0.2) is 0 Å².